The van der Waals surface area contributed by atoms with E-state index in [0.717, 1.165) is 42.5 Å². The van der Waals surface area contributed by atoms with Crippen molar-refractivity contribution in [2.75, 3.05) is 37.2 Å². The van der Waals surface area contributed by atoms with Gasteiger partial charge >= 0.3 is 0 Å². The van der Waals surface area contributed by atoms with Gasteiger partial charge in [-0.25, -0.2) is 14.2 Å². The van der Waals surface area contributed by atoms with Gasteiger partial charge in [0.05, 0.1) is 17.7 Å². The van der Waals surface area contributed by atoms with Crippen LogP contribution in [0.4, 0.5) is 5.82 Å². The van der Waals surface area contributed by atoms with Crippen LogP contribution in [0.5, 0.6) is 0 Å². The predicted octanol–water partition coefficient (Wildman–Crippen LogP) is 2.65. The molecule has 0 saturated heterocycles. The van der Waals surface area contributed by atoms with Crippen molar-refractivity contribution in [1.29, 1.82) is 4.78 Å². The zero-order valence-electron chi connectivity index (χ0n) is 14.9. The normalized spacial score (nSPS) is 23.4. The lowest BCUT2D eigenvalue weighted by Crippen LogP contribution is -2.37. The van der Waals surface area contributed by atoms with Gasteiger partial charge in [-0.15, -0.1) is 0 Å². The van der Waals surface area contributed by atoms with Crippen LogP contribution in [0.25, 0.3) is 11.0 Å². The van der Waals surface area contributed by atoms with Crippen molar-refractivity contribution in [2.45, 2.75) is 31.7 Å². The fourth-order valence-corrected chi connectivity index (χ4v) is 5.39. The molecule has 1 saturated carbocycles. The van der Waals surface area contributed by atoms with Gasteiger partial charge < -0.3 is 14.6 Å². The molecule has 0 bridgehead atoms. The SMILES string of the molecule is COCCS(=N)(=O)C[C@H]1CC[C@@H](N(C)c2ncnc3[nH]ccc23)CC1. The minimum atomic E-state index is -2.52. The number of hydrogen-bond donors (Lipinski definition) is 2. The van der Waals surface area contributed by atoms with Crippen LogP contribution in [0.2, 0.25) is 0 Å². The molecule has 138 valence electrons. The van der Waals surface area contributed by atoms with Gasteiger partial charge in [0, 0.05) is 41.9 Å². The predicted molar refractivity (Wildman–Crippen MR) is 101 cm³/mol. The summed E-state index contributed by atoms with van der Waals surface area (Å²) in [4.78, 5) is 14.1. The Balaban J connectivity index is 1.60. The number of ether oxygens (including phenoxy) is 1. The number of aromatic amines is 1. The number of nitrogens with zero attached hydrogens (tertiary/aromatic N) is 3. The highest BCUT2D eigenvalue weighted by Gasteiger charge is 2.27. The maximum atomic E-state index is 12.3. The standard InChI is InChI=1S/C17H27N5O2S/c1-22(17-15-7-8-19-16(15)20-12-21-17)14-5-3-13(4-6-14)11-25(18,23)10-9-24-2/h7-8,12-14,18H,3-6,9-11H2,1-2H3,(H,19,20,21)/t13-,14+,25?. The molecule has 8 heteroatoms. The van der Waals surface area contributed by atoms with E-state index in [1.165, 1.54) is 0 Å². The highest BCUT2D eigenvalue weighted by molar-refractivity contribution is 7.92. The summed E-state index contributed by atoms with van der Waals surface area (Å²) in [5.74, 6) is 2.18. The van der Waals surface area contributed by atoms with Crippen LogP contribution in [0, 0.1) is 10.7 Å². The second-order valence-electron chi connectivity index (χ2n) is 6.90. The molecule has 1 aliphatic carbocycles. The molecular weight excluding hydrogens is 338 g/mol. The Morgan fingerprint density at radius 3 is 2.84 bits per heavy atom. The van der Waals surface area contributed by atoms with Crippen molar-refractivity contribution in [3.63, 3.8) is 0 Å². The maximum absolute atomic E-state index is 12.3. The summed E-state index contributed by atoms with van der Waals surface area (Å²) >= 11 is 0. The van der Waals surface area contributed by atoms with Crippen molar-refractivity contribution in [3.8, 4) is 0 Å². The molecule has 1 unspecified atom stereocenters. The highest BCUT2D eigenvalue weighted by atomic mass is 32.2. The fourth-order valence-electron chi connectivity index (χ4n) is 3.69. The molecule has 1 aliphatic rings. The first-order chi connectivity index (χ1) is 12.0. The van der Waals surface area contributed by atoms with Crippen LogP contribution in [-0.2, 0) is 14.5 Å². The summed E-state index contributed by atoms with van der Waals surface area (Å²) in [6.07, 6.45) is 7.59. The Bertz CT molecular complexity index is 796. The topological polar surface area (TPSA) is 95.0 Å². The van der Waals surface area contributed by atoms with E-state index in [4.69, 9.17) is 9.52 Å². The van der Waals surface area contributed by atoms with Crippen molar-refractivity contribution < 1.29 is 8.95 Å². The Hall–Kier alpha value is -1.67. The lowest BCUT2D eigenvalue weighted by atomic mass is 9.86. The Labute approximate surface area is 149 Å². The summed E-state index contributed by atoms with van der Waals surface area (Å²) in [5, 5.41) is 1.04. The minimum Gasteiger partial charge on any atom is -0.384 e. The quantitative estimate of drug-likeness (QED) is 0.786. The van der Waals surface area contributed by atoms with Crippen LogP contribution in [0.1, 0.15) is 25.7 Å². The summed E-state index contributed by atoms with van der Waals surface area (Å²) in [5.41, 5.74) is 0.859. The van der Waals surface area contributed by atoms with Gasteiger partial charge in [0.2, 0.25) is 0 Å². The molecule has 2 aromatic heterocycles. The van der Waals surface area contributed by atoms with Crippen LogP contribution in [-0.4, -0.2) is 57.5 Å². The molecule has 1 fully saturated rings. The molecule has 1 atom stereocenters. The van der Waals surface area contributed by atoms with Gasteiger partial charge in [0.15, 0.2) is 0 Å². The summed E-state index contributed by atoms with van der Waals surface area (Å²) in [6.45, 7) is 0.404. The third kappa shape index (κ3) is 4.30. The van der Waals surface area contributed by atoms with E-state index in [-0.39, 0.29) is 0 Å². The number of H-pyrrole nitrogens is 1. The average molecular weight is 366 g/mol. The molecule has 2 heterocycles. The maximum Gasteiger partial charge on any atom is 0.142 e. The summed E-state index contributed by atoms with van der Waals surface area (Å²) < 4.78 is 25.3. The average Bonchev–Trinajstić information content (AvgIpc) is 3.08. The fraction of sp³-hybridized carbons (Fsp3) is 0.647. The molecule has 0 radical (unpaired) electrons. The molecule has 0 aromatic carbocycles. The second-order valence-corrected chi connectivity index (χ2v) is 9.26. The van der Waals surface area contributed by atoms with Crippen molar-refractivity contribution in [2.24, 2.45) is 5.92 Å². The number of fused-ring (bicyclic) bond motifs is 1. The highest BCUT2D eigenvalue weighted by Crippen LogP contribution is 2.32. The van der Waals surface area contributed by atoms with Crippen molar-refractivity contribution in [3.05, 3.63) is 18.6 Å². The van der Waals surface area contributed by atoms with E-state index in [1.807, 2.05) is 12.3 Å². The third-order valence-electron chi connectivity index (χ3n) is 5.15. The lowest BCUT2D eigenvalue weighted by molar-refractivity contribution is 0.217. The van der Waals surface area contributed by atoms with Gasteiger partial charge in [0.25, 0.3) is 0 Å². The van der Waals surface area contributed by atoms with Gasteiger partial charge in [-0.05, 0) is 37.7 Å². The van der Waals surface area contributed by atoms with E-state index in [1.54, 1.807) is 13.4 Å². The molecule has 0 amide bonds. The van der Waals surface area contributed by atoms with Crippen LogP contribution >= 0.6 is 0 Å². The molecule has 7 nitrogen and oxygen atoms in total. The van der Waals surface area contributed by atoms with E-state index >= 15 is 0 Å². The van der Waals surface area contributed by atoms with E-state index in [0.29, 0.717) is 30.1 Å². The molecule has 2 N–H and O–H groups in total. The summed E-state index contributed by atoms with van der Waals surface area (Å²) in [6, 6.07) is 2.43. The third-order valence-corrected chi connectivity index (χ3v) is 6.99. The molecule has 0 aliphatic heterocycles. The monoisotopic (exact) mass is 365 g/mol. The number of nitrogens with one attached hydrogen (secondary N) is 2. The van der Waals surface area contributed by atoms with E-state index in [2.05, 4.69) is 26.9 Å². The second kappa shape index (κ2) is 7.70. The van der Waals surface area contributed by atoms with E-state index in [9.17, 15) is 4.21 Å². The van der Waals surface area contributed by atoms with Gasteiger partial charge in [-0.3, -0.25) is 4.78 Å². The number of methoxy groups -OCH3 is 1. The molecule has 3 rings (SSSR count). The first-order valence-electron chi connectivity index (χ1n) is 8.74. The van der Waals surface area contributed by atoms with Crippen molar-refractivity contribution in [1.82, 2.24) is 15.0 Å². The Kier molecular flexibility index (Phi) is 5.58. The summed E-state index contributed by atoms with van der Waals surface area (Å²) in [7, 11) is 1.16. The number of rotatable bonds is 7. The van der Waals surface area contributed by atoms with Crippen molar-refractivity contribution >= 4 is 26.6 Å². The zero-order valence-corrected chi connectivity index (χ0v) is 15.7. The molecule has 2 aromatic rings. The number of hydrogen-bond acceptors (Lipinski definition) is 6. The first-order valence-corrected chi connectivity index (χ1v) is 10.6. The van der Waals surface area contributed by atoms with Gasteiger partial charge in [-0.1, -0.05) is 0 Å². The molecule has 25 heavy (non-hydrogen) atoms. The lowest BCUT2D eigenvalue weighted by Gasteiger charge is -2.35. The van der Waals surface area contributed by atoms with E-state index < -0.39 is 9.73 Å². The number of anilines is 1. The molecular formula is C17H27N5O2S. The van der Waals surface area contributed by atoms with Gasteiger partial charge in [0.1, 0.15) is 17.8 Å². The van der Waals surface area contributed by atoms with Crippen LogP contribution in [0.3, 0.4) is 0 Å². The Morgan fingerprint density at radius 1 is 1.36 bits per heavy atom. The minimum absolute atomic E-state index is 0.343. The smallest absolute Gasteiger partial charge is 0.142 e. The zero-order chi connectivity index (χ0) is 17.9. The number of aromatic nitrogens is 3. The Morgan fingerprint density at radius 2 is 2.12 bits per heavy atom. The largest absolute Gasteiger partial charge is 0.384 e. The van der Waals surface area contributed by atoms with Crippen LogP contribution in [0.15, 0.2) is 18.6 Å². The van der Waals surface area contributed by atoms with Crippen LogP contribution < -0.4 is 4.90 Å². The van der Waals surface area contributed by atoms with Gasteiger partial charge in [-0.2, -0.15) is 0 Å². The molecule has 0 spiro atoms. The first kappa shape index (κ1) is 18.1.